The standard InChI is InChI=1S/C19H23ClN2O3S/c1-5-18(19(23)21-17-12-15(20)9-8-14(17)3)22(26(4,24)25)16-10-6-13(2)7-11-16/h6-12,18H,5H2,1-4H3,(H,21,23)/t18-/m1/s1. The predicted molar refractivity (Wildman–Crippen MR) is 107 cm³/mol. The van der Waals surface area contributed by atoms with E-state index in [-0.39, 0.29) is 0 Å². The van der Waals surface area contributed by atoms with Crippen LogP contribution in [0.4, 0.5) is 11.4 Å². The largest absolute Gasteiger partial charge is 0.324 e. The molecule has 0 heterocycles. The fourth-order valence-corrected chi connectivity index (χ4v) is 4.08. The summed E-state index contributed by atoms with van der Waals surface area (Å²) in [4.78, 5) is 12.9. The summed E-state index contributed by atoms with van der Waals surface area (Å²) in [6.45, 7) is 5.54. The highest BCUT2D eigenvalue weighted by Crippen LogP contribution is 2.25. The molecule has 1 amide bonds. The van der Waals surface area contributed by atoms with Gasteiger partial charge in [0.05, 0.1) is 11.9 Å². The Kier molecular flexibility index (Phi) is 6.31. The molecule has 0 spiro atoms. The lowest BCUT2D eigenvalue weighted by Crippen LogP contribution is -2.47. The van der Waals surface area contributed by atoms with Crippen LogP contribution in [0.2, 0.25) is 5.02 Å². The Balaban J connectivity index is 2.39. The van der Waals surface area contributed by atoms with Gasteiger partial charge in [0, 0.05) is 10.7 Å². The molecule has 2 aromatic rings. The van der Waals surface area contributed by atoms with E-state index >= 15 is 0 Å². The number of benzene rings is 2. The molecule has 0 aromatic heterocycles. The Morgan fingerprint density at radius 2 is 1.77 bits per heavy atom. The molecule has 0 radical (unpaired) electrons. The first-order chi connectivity index (χ1) is 12.1. The van der Waals surface area contributed by atoms with Crippen LogP contribution < -0.4 is 9.62 Å². The number of rotatable bonds is 6. The zero-order valence-electron chi connectivity index (χ0n) is 15.3. The van der Waals surface area contributed by atoms with Crippen molar-refractivity contribution in [3.63, 3.8) is 0 Å². The van der Waals surface area contributed by atoms with Gasteiger partial charge in [-0.25, -0.2) is 8.42 Å². The third kappa shape index (κ3) is 4.77. The van der Waals surface area contributed by atoms with Crippen molar-refractivity contribution in [3.8, 4) is 0 Å². The number of aryl methyl sites for hydroxylation is 2. The average molecular weight is 395 g/mol. The fraction of sp³-hybridized carbons (Fsp3) is 0.316. The van der Waals surface area contributed by atoms with E-state index < -0.39 is 22.0 Å². The van der Waals surface area contributed by atoms with E-state index in [1.807, 2.05) is 26.0 Å². The molecule has 0 unspecified atom stereocenters. The van der Waals surface area contributed by atoms with Gasteiger partial charge in [0.15, 0.2) is 0 Å². The van der Waals surface area contributed by atoms with Gasteiger partial charge < -0.3 is 5.32 Å². The van der Waals surface area contributed by atoms with Crippen molar-refractivity contribution >= 4 is 38.9 Å². The van der Waals surface area contributed by atoms with Gasteiger partial charge in [0.1, 0.15) is 6.04 Å². The molecule has 0 fully saturated rings. The molecule has 2 aromatic carbocycles. The molecule has 0 aliphatic carbocycles. The number of halogens is 1. The first-order valence-electron chi connectivity index (χ1n) is 8.26. The highest BCUT2D eigenvalue weighted by Gasteiger charge is 2.31. The molecule has 5 nitrogen and oxygen atoms in total. The quantitative estimate of drug-likeness (QED) is 0.800. The predicted octanol–water partition coefficient (Wildman–Crippen LogP) is 4.14. The van der Waals surface area contributed by atoms with Crippen LogP contribution in [-0.2, 0) is 14.8 Å². The van der Waals surface area contributed by atoms with E-state index in [9.17, 15) is 13.2 Å². The van der Waals surface area contributed by atoms with E-state index in [1.165, 1.54) is 4.31 Å². The lowest BCUT2D eigenvalue weighted by molar-refractivity contribution is -0.117. The van der Waals surface area contributed by atoms with Gasteiger partial charge in [0.2, 0.25) is 15.9 Å². The lowest BCUT2D eigenvalue weighted by Gasteiger charge is -2.30. The molecule has 1 atom stereocenters. The minimum atomic E-state index is -3.65. The number of sulfonamides is 1. The smallest absolute Gasteiger partial charge is 0.248 e. The average Bonchev–Trinajstić information content (AvgIpc) is 2.56. The monoisotopic (exact) mass is 394 g/mol. The van der Waals surface area contributed by atoms with E-state index in [0.717, 1.165) is 17.4 Å². The van der Waals surface area contributed by atoms with Crippen LogP contribution in [0.1, 0.15) is 24.5 Å². The first kappa shape index (κ1) is 20.3. The summed E-state index contributed by atoms with van der Waals surface area (Å²) in [6.07, 6.45) is 1.43. The first-order valence-corrected chi connectivity index (χ1v) is 10.5. The van der Waals surface area contributed by atoms with Gasteiger partial charge in [-0.15, -0.1) is 0 Å². The number of nitrogens with one attached hydrogen (secondary N) is 1. The van der Waals surface area contributed by atoms with Gasteiger partial charge >= 0.3 is 0 Å². The number of hydrogen-bond acceptors (Lipinski definition) is 3. The van der Waals surface area contributed by atoms with Crippen molar-refractivity contribution in [1.82, 2.24) is 0 Å². The van der Waals surface area contributed by atoms with Crippen molar-refractivity contribution < 1.29 is 13.2 Å². The van der Waals surface area contributed by atoms with Crippen LogP contribution in [0, 0.1) is 13.8 Å². The topological polar surface area (TPSA) is 66.5 Å². The van der Waals surface area contributed by atoms with Crippen molar-refractivity contribution in [2.75, 3.05) is 15.9 Å². The summed E-state index contributed by atoms with van der Waals surface area (Å²) in [5.41, 5.74) is 2.88. The molecule has 0 aliphatic rings. The van der Waals surface area contributed by atoms with Crippen molar-refractivity contribution in [2.24, 2.45) is 0 Å². The Morgan fingerprint density at radius 3 is 2.31 bits per heavy atom. The van der Waals surface area contributed by atoms with Gasteiger partial charge in [0.25, 0.3) is 0 Å². The SMILES string of the molecule is CC[C@H](C(=O)Nc1cc(Cl)ccc1C)N(c1ccc(C)cc1)S(C)(=O)=O. The minimum Gasteiger partial charge on any atom is -0.324 e. The molecule has 0 saturated heterocycles. The molecule has 0 aliphatic heterocycles. The Bertz CT molecular complexity index is 896. The second-order valence-corrected chi connectivity index (χ2v) is 8.56. The summed E-state index contributed by atoms with van der Waals surface area (Å²) in [6, 6.07) is 11.4. The molecule has 140 valence electrons. The van der Waals surface area contributed by atoms with E-state index in [4.69, 9.17) is 11.6 Å². The van der Waals surface area contributed by atoms with Gasteiger partial charge in [-0.2, -0.15) is 0 Å². The van der Waals surface area contributed by atoms with Crippen LogP contribution in [0.25, 0.3) is 0 Å². The lowest BCUT2D eigenvalue weighted by atomic mass is 10.1. The number of anilines is 2. The minimum absolute atomic E-state index is 0.326. The Morgan fingerprint density at radius 1 is 1.15 bits per heavy atom. The summed E-state index contributed by atoms with van der Waals surface area (Å²) in [5.74, 6) is -0.399. The van der Waals surface area contributed by atoms with Crippen LogP contribution in [0.5, 0.6) is 0 Å². The third-order valence-electron chi connectivity index (χ3n) is 4.08. The number of carbonyl (C=O) groups is 1. The maximum absolute atomic E-state index is 12.9. The van der Waals surface area contributed by atoms with Crippen LogP contribution in [-0.4, -0.2) is 26.6 Å². The van der Waals surface area contributed by atoms with Gasteiger partial charge in [-0.1, -0.05) is 42.3 Å². The van der Waals surface area contributed by atoms with E-state index in [1.54, 1.807) is 37.3 Å². The molecular formula is C19H23ClN2O3S. The normalized spacial score (nSPS) is 12.5. The molecule has 0 bridgehead atoms. The Labute approximate surface area is 160 Å². The van der Waals surface area contributed by atoms with Crippen molar-refractivity contribution in [1.29, 1.82) is 0 Å². The van der Waals surface area contributed by atoms with Crippen LogP contribution >= 0.6 is 11.6 Å². The summed E-state index contributed by atoms with van der Waals surface area (Å²) < 4.78 is 26.0. The molecule has 26 heavy (non-hydrogen) atoms. The van der Waals surface area contributed by atoms with Crippen LogP contribution in [0.3, 0.4) is 0 Å². The summed E-state index contributed by atoms with van der Waals surface area (Å²) in [7, 11) is -3.65. The van der Waals surface area contributed by atoms with Crippen molar-refractivity contribution in [3.05, 3.63) is 58.6 Å². The number of nitrogens with zero attached hydrogens (tertiary/aromatic N) is 1. The molecule has 2 rings (SSSR count). The van der Waals surface area contributed by atoms with E-state index in [2.05, 4.69) is 5.32 Å². The zero-order valence-corrected chi connectivity index (χ0v) is 16.9. The number of hydrogen-bond donors (Lipinski definition) is 1. The molecule has 0 saturated carbocycles. The molecule has 1 N–H and O–H groups in total. The van der Waals surface area contributed by atoms with Crippen LogP contribution in [0.15, 0.2) is 42.5 Å². The molecular weight excluding hydrogens is 372 g/mol. The zero-order chi connectivity index (χ0) is 19.5. The summed E-state index contributed by atoms with van der Waals surface area (Å²) >= 11 is 6.00. The highest BCUT2D eigenvalue weighted by molar-refractivity contribution is 7.92. The van der Waals surface area contributed by atoms with Crippen molar-refractivity contribution in [2.45, 2.75) is 33.2 Å². The highest BCUT2D eigenvalue weighted by atomic mass is 35.5. The second kappa shape index (κ2) is 8.10. The van der Waals surface area contributed by atoms with Gasteiger partial charge in [-0.05, 0) is 50.1 Å². The number of carbonyl (C=O) groups excluding carboxylic acids is 1. The maximum atomic E-state index is 12.9. The summed E-state index contributed by atoms with van der Waals surface area (Å²) in [5, 5.41) is 3.30. The third-order valence-corrected chi connectivity index (χ3v) is 5.49. The fourth-order valence-electron chi connectivity index (χ4n) is 2.70. The molecule has 7 heteroatoms. The maximum Gasteiger partial charge on any atom is 0.248 e. The van der Waals surface area contributed by atoms with Gasteiger partial charge in [-0.3, -0.25) is 9.10 Å². The Hall–Kier alpha value is -2.05. The second-order valence-electron chi connectivity index (χ2n) is 6.27. The number of amides is 1. The van der Waals surface area contributed by atoms with E-state index in [0.29, 0.717) is 22.8 Å².